The summed E-state index contributed by atoms with van der Waals surface area (Å²) < 4.78 is 3.45. The van der Waals surface area contributed by atoms with Crippen LogP contribution in [0.25, 0.3) is 0 Å². The summed E-state index contributed by atoms with van der Waals surface area (Å²) >= 11 is 12.5. The lowest BCUT2D eigenvalue weighted by atomic mass is 10.0. The minimum atomic E-state index is 0.322. The molecule has 0 aliphatic heterocycles. The lowest BCUT2D eigenvalue weighted by Crippen LogP contribution is -2.23. The molecule has 19 heavy (non-hydrogen) atoms. The second-order valence-electron chi connectivity index (χ2n) is 4.19. The predicted octanol–water partition coefficient (Wildman–Crippen LogP) is 5.93. The molecule has 1 nitrogen and oxygen atoms in total. The van der Waals surface area contributed by atoms with Crippen LogP contribution in [-0.2, 0) is 6.42 Å². The molecule has 2 rings (SSSR count). The first-order valence-corrected chi connectivity index (χ1v) is 9.22. The summed E-state index contributed by atoms with van der Waals surface area (Å²) in [6, 6.07) is 10.9. The van der Waals surface area contributed by atoms with Crippen LogP contribution < -0.4 is 5.32 Å². The van der Waals surface area contributed by atoms with Crippen molar-refractivity contribution in [2.75, 3.05) is 6.54 Å². The molecule has 1 N–H and O–H groups in total. The van der Waals surface area contributed by atoms with E-state index < -0.39 is 0 Å². The zero-order valence-electron chi connectivity index (χ0n) is 10.4. The smallest absolute Gasteiger partial charge is 0.0701 e. The Morgan fingerprint density at radius 3 is 2.58 bits per heavy atom. The fraction of sp³-hybridized carbons (Fsp3) is 0.286. The molecule has 0 amide bonds. The molecule has 1 unspecified atom stereocenters. The number of likely N-dealkylation sites (N-methyl/N-ethyl adjacent to an activating group) is 1. The molecule has 1 aromatic carbocycles. The molecule has 1 heterocycles. The van der Waals surface area contributed by atoms with Crippen LogP contribution in [0.3, 0.4) is 0 Å². The van der Waals surface area contributed by atoms with Crippen LogP contribution in [0.4, 0.5) is 0 Å². The topological polar surface area (TPSA) is 12.0 Å². The van der Waals surface area contributed by atoms with Gasteiger partial charge < -0.3 is 5.32 Å². The summed E-state index contributed by atoms with van der Waals surface area (Å²) in [5, 5.41) is 3.57. The van der Waals surface area contributed by atoms with Crippen molar-refractivity contribution in [2.24, 2.45) is 0 Å². The van der Waals surface area contributed by atoms with Crippen molar-refractivity contribution < 1.29 is 0 Å². The molecule has 2 aromatic rings. The lowest BCUT2D eigenvalue weighted by Gasteiger charge is -2.19. The van der Waals surface area contributed by atoms with Gasteiger partial charge in [0.15, 0.2) is 0 Å². The Morgan fingerprint density at radius 1 is 1.16 bits per heavy atom. The van der Waals surface area contributed by atoms with Gasteiger partial charge in [0, 0.05) is 26.3 Å². The van der Waals surface area contributed by atoms with E-state index in [2.05, 4.69) is 90.4 Å². The fourth-order valence-corrected chi connectivity index (χ4v) is 4.41. The number of nitrogens with one attached hydrogen (secondary N) is 1. The van der Waals surface area contributed by atoms with Gasteiger partial charge in [-0.2, -0.15) is 0 Å². The summed E-state index contributed by atoms with van der Waals surface area (Å²) in [4.78, 5) is 1.38. The van der Waals surface area contributed by atoms with Gasteiger partial charge in [-0.25, -0.2) is 0 Å². The van der Waals surface area contributed by atoms with E-state index in [4.69, 9.17) is 0 Å². The minimum Gasteiger partial charge on any atom is -0.310 e. The molecule has 0 spiro atoms. The maximum absolute atomic E-state index is 3.65. The molecule has 0 aliphatic carbocycles. The SMILES string of the molecule is CCNC(Cc1ccc(Br)s1)c1cc(Br)ccc1Br. The standard InChI is InChI=1S/C14H14Br3NS/c1-2-18-13(8-10-4-6-14(17)19-10)11-7-9(15)3-5-12(11)16/h3-7,13,18H,2,8H2,1H3. The fourth-order valence-electron chi connectivity index (χ4n) is 1.98. The quantitative estimate of drug-likeness (QED) is 0.574. The average Bonchev–Trinajstić information content (AvgIpc) is 2.77. The van der Waals surface area contributed by atoms with Gasteiger partial charge in [0.05, 0.1) is 3.79 Å². The molecular formula is C14H14Br3NS. The highest BCUT2D eigenvalue weighted by Gasteiger charge is 2.15. The van der Waals surface area contributed by atoms with Gasteiger partial charge in [0.2, 0.25) is 0 Å². The van der Waals surface area contributed by atoms with Gasteiger partial charge in [0.25, 0.3) is 0 Å². The second kappa shape index (κ2) is 7.36. The third-order valence-corrected chi connectivity index (χ3v) is 5.68. The van der Waals surface area contributed by atoms with Crippen LogP contribution in [-0.4, -0.2) is 6.54 Å². The maximum Gasteiger partial charge on any atom is 0.0701 e. The number of halogens is 3. The number of benzene rings is 1. The average molecular weight is 468 g/mol. The van der Waals surface area contributed by atoms with Crippen molar-refractivity contribution in [1.29, 1.82) is 0 Å². The van der Waals surface area contributed by atoms with Crippen LogP contribution >= 0.6 is 59.1 Å². The summed E-state index contributed by atoms with van der Waals surface area (Å²) in [7, 11) is 0. The van der Waals surface area contributed by atoms with Crippen molar-refractivity contribution >= 4 is 59.1 Å². The molecule has 0 bridgehead atoms. The van der Waals surface area contributed by atoms with Crippen molar-refractivity contribution in [3.05, 3.63) is 53.5 Å². The maximum atomic E-state index is 3.65. The summed E-state index contributed by atoms with van der Waals surface area (Å²) in [5.74, 6) is 0. The Kier molecular flexibility index (Phi) is 6.09. The molecule has 1 aromatic heterocycles. The van der Waals surface area contributed by atoms with E-state index in [-0.39, 0.29) is 0 Å². The van der Waals surface area contributed by atoms with Crippen LogP contribution in [0.2, 0.25) is 0 Å². The molecule has 0 fully saturated rings. The van der Waals surface area contributed by atoms with E-state index in [1.165, 1.54) is 14.2 Å². The molecule has 0 aliphatic rings. The number of thiophene rings is 1. The summed E-state index contributed by atoms with van der Waals surface area (Å²) in [6.45, 7) is 3.10. The molecule has 0 radical (unpaired) electrons. The lowest BCUT2D eigenvalue weighted by molar-refractivity contribution is 0.551. The van der Waals surface area contributed by atoms with E-state index >= 15 is 0 Å². The molecular weight excluding hydrogens is 454 g/mol. The first-order valence-electron chi connectivity index (χ1n) is 6.02. The van der Waals surface area contributed by atoms with E-state index in [0.717, 1.165) is 21.9 Å². The Morgan fingerprint density at radius 2 is 1.95 bits per heavy atom. The Hall–Kier alpha value is 0.320. The third kappa shape index (κ3) is 4.39. The highest BCUT2D eigenvalue weighted by molar-refractivity contribution is 9.11. The van der Waals surface area contributed by atoms with E-state index in [0.29, 0.717) is 6.04 Å². The van der Waals surface area contributed by atoms with Crippen LogP contribution in [0.1, 0.15) is 23.4 Å². The van der Waals surface area contributed by atoms with Crippen LogP contribution in [0.5, 0.6) is 0 Å². The van der Waals surface area contributed by atoms with Gasteiger partial charge >= 0.3 is 0 Å². The first kappa shape index (κ1) is 15.7. The van der Waals surface area contributed by atoms with Crippen LogP contribution in [0.15, 0.2) is 43.1 Å². The molecule has 0 saturated heterocycles. The Bertz CT molecular complexity index is 553. The van der Waals surface area contributed by atoms with Gasteiger partial charge in [-0.15, -0.1) is 11.3 Å². The summed E-state index contributed by atoms with van der Waals surface area (Å²) in [5.41, 5.74) is 1.29. The largest absolute Gasteiger partial charge is 0.310 e. The first-order chi connectivity index (χ1) is 9.10. The van der Waals surface area contributed by atoms with E-state index in [9.17, 15) is 0 Å². The third-order valence-electron chi connectivity index (χ3n) is 2.82. The number of hydrogen-bond acceptors (Lipinski definition) is 2. The van der Waals surface area contributed by atoms with Crippen molar-refractivity contribution in [3.8, 4) is 0 Å². The van der Waals surface area contributed by atoms with Crippen LogP contribution in [0, 0.1) is 0 Å². The minimum absolute atomic E-state index is 0.322. The van der Waals surface area contributed by atoms with E-state index in [1.807, 2.05) is 0 Å². The number of rotatable bonds is 5. The molecule has 0 saturated carbocycles. The zero-order valence-corrected chi connectivity index (χ0v) is 16.0. The highest BCUT2D eigenvalue weighted by Crippen LogP contribution is 2.31. The molecule has 5 heteroatoms. The number of hydrogen-bond donors (Lipinski definition) is 1. The van der Waals surface area contributed by atoms with Gasteiger partial charge in [-0.05, 0) is 58.4 Å². The van der Waals surface area contributed by atoms with E-state index in [1.54, 1.807) is 11.3 Å². The van der Waals surface area contributed by atoms with Crippen molar-refractivity contribution in [2.45, 2.75) is 19.4 Å². The predicted molar refractivity (Wildman–Crippen MR) is 94.0 cm³/mol. The highest BCUT2D eigenvalue weighted by atomic mass is 79.9. The Labute approximate surface area is 143 Å². The van der Waals surface area contributed by atoms with Crippen molar-refractivity contribution in [1.82, 2.24) is 5.32 Å². The van der Waals surface area contributed by atoms with Gasteiger partial charge in [-0.1, -0.05) is 38.8 Å². The van der Waals surface area contributed by atoms with Gasteiger partial charge in [-0.3, -0.25) is 0 Å². The Balaban J connectivity index is 2.26. The molecule has 102 valence electrons. The zero-order chi connectivity index (χ0) is 13.8. The van der Waals surface area contributed by atoms with Crippen molar-refractivity contribution in [3.63, 3.8) is 0 Å². The van der Waals surface area contributed by atoms with Gasteiger partial charge in [0.1, 0.15) is 0 Å². The summed E-state index contributed by atoms with van der Waals surface area (Å²) in [6.07, 6.45) is 0.999. The molecule has 1 atom stereocenters. The second-order valence-corrected chi connectivity index (χ2v) is 8.50. The normalized spacial score (nSPS) is 12.6. The monoisotopic (exact) mass is 465 g/mol.